The van der Waals surface area contributed by atoms with E-state index in [0.29, 0.717) is 5.82 Å². The van der Waals surface area contributed by atoms with Gasteiger partial charge in [0.15, 0.2) is 0 Å². The molecule has 5 nitrogen and oxygen atoms in total. The van der Waals surface area contributed by atoms with E-state index in [1.165, 1.54) is 0 Å². The van der Waals surface area contributed by atoms with Crippen LogP contribution in [0.25, 0.3) is 0 Å². The molecule has 0 unspecified atom stereocenters. The van der Waals surface area contributed by atoms with Crippen molar-refractivity contribution in [1.82, 2.24) is 9.97 Å². The van der Waals surface area contributed by atoms with E-state index >= 15 is 0 Å². The number of anilines is 2. The number of hydrogen-bond donors (Lipinski definition) is 2. The van der Waals surface area contributed by atoms with Crippen molar-refractivity contribution >= 4 is 11.6 Å². The van der Waals surface area contributed by atoms with Crippen LogP contribution in [-0.4, -0.2) is 30.2 Å². The molecule has 0 saturated carbocycles. The van der Waals surface area contributed by atoms with E-state index in [0.717, 1.165) is 43.2 Å². The quantitative estimate of drug-likeness (QED) is 0.774. The van der Waals surface area contributed by atoms with Gasteiger partial charge in [0.05, 0.1) is 0 Å². The largest absolute Gasteiger partial charge is 0.385 e. The van der Waals surface area contributed by atoms with Gasteiger partial charge in [-0.3, -0.25) is 0 Å². The topological polar surface area (TPSA) is 73.1 Å². The van der Waals surface area contributed by atoms with Gasteiger partial charge in [0, 0.05) is 31.2 Å². The van der Waals surface area contributed by atoms with Crippen LogP contribution in [0.2, 0.25) is 0 Å². The first kappa shape index (κ1) is 15.7. The maximum Gasteiger partial charge on any atom is 0.138 e. The molecule has 0 spiro atoms. The second-order valence-corrected chi connectivity index (χ2v) is 5.78. The van der Waals surface area contributed by atoms with Gasteiger partial charge in [-0.2, -0.15) is 0 Å². The zero-order valence-corrected chi connectivity index (χ0v) is 12.7. The van der Waals surface area contributed by atoms with Gasteiger partial charge in [-0.25, -0.2) is 9.97 Å². The number of methoxy groups -OCH3 is 1. The number of aromatic nitrogens is 2. The Bertz CT molecular complexity index is 413. The van der Waals surface area contributed by atoms with Crippen molar-refractivity contribution in [3.63, 3.8) is 0 Å². The fourth-order valence-electron chi connectivity index (χ4n) is 1.62. The molecule has 0 amide bonds. The minimum atomic E-state index is -0.103. The van der Waals surface area contributed by atoms with Gasteiger partial charge in [0.1, 0.15) is 17.5 Å². The summed E-state index contributed by atoms with van der Waals surface area (Å²) in [6, 6.07) is 0. The number of hydrogen-bond acceptors (Lipinski definition) is 5. The van der Waals surface area contributed by atoms with E-state index in [2.05, 4.69) is 36.1 Å². The molecule has 19 heavy (non-hydrogen) atoms. The summed E-state index contributed by atoms with van der Waals surface area (Å²) in [6.07, 6.45) is 2.08. The zero-order valence-electron chi connectivity index (χ0n) is 12.7. The normalized spacial score (nSPS) is 11.6. The fraction of sp³-hybridized carbons (Fsp3) is 0.714. The first-order chi connectivity index (χ1) is 8.86. The molecule has 1 heterocycles. The number of nitrogens with zero attached hydrogens (tertiary/aromatic N) is 2. The van der Waals surface area contributed by atoms with Crippen molar-refractivity contribution in [2.75, 3.05) is 31.3 Å². The monoisotopic (exact) mass is 266 g/mol. The van der Waals surface area contributed by atoms with Crippen molar-refractivity contribution in [3.8, 4) is 0 Å². The van der Waals surface area contributed by atoms with E-state index < -0.39 is 0 Å². The second kappa shape index (κ2) is 6.70. The van der Waals surface area contributed by atoms with Crippen LogP contribution >= 0.6 is 0 Å². The molecule has 1 rings (SSSR count). The Morgan fingerprint density at radius 1 is 1.21 bits per heavy atom. The third-order valence-electron chi connectivity index (χ3n) is 2.92. The Morgan fingerprint density at radius 2 is 1.89 bits per heavy atom. The van der Waals surface area contributed by atoms with Crippen molar-refractivity contribution in [3.05, 3.63) is 11.4 Å². The molecule has 1 aromatic rings. The highest BCUT2D eigenvalue weighted by molar-refractivity contribution is 5.55. The highest BCUT2D eigenvalue weighted by Crippen LogP contribution is 2.24. The van der Waals surface area contributed by atoms with Gasteiger partial charge in [0.2, 0.25) is 0 Å². The summed E-state index contributed by atoms with van der Waals surface area (Å²) >= 11 is 0. The molecule has 0 atom stereocenters. The Hall–Kier alpha value is -1.36. The van der Waals surface area contributed by atoms with Gasteiger partial charge in [0.25, 0.3) is 0 Å². The average Bonchev–Trinajstić information content (AvgIpc) is 2.32. The van der Waals surface area contributed by atoms with Crippen LogP contribution in [0.5, 0.6) is 0 Å². The highest BCUT2D eigenvalue weighted by Gasteiger charge is 2.20. The van der Waals surface area contributed by atoms with Crippen LogP contribution < -0.4 is 11.1 Å². The Kier molecular flexibility index (Phi) is 5.54. The van der Waals surface area contributed by atoms with Gasteiger partial charge in [-0.15, -0.1) is 0 Å². The van der Waals surface area contributed by atoms with Crippen molar-refractivity contribution in [1.29, 1.82) is 0 Å². The number of ether oxygens (including phenoxy) is 1. The summed E-state index contributed by atoms with van der Waals surface area (Å²) in [5, 5.41) is 3.34. The number of nitrogens with two attached hydrogens (primary N) is 1. The van der Waals surface area contributed by atoms with Crippen LogP contribution in [0.15, 0.2) is 0 Å². The van der Waals surface area contributed by atoms with E-state index in [1.807, 2.05) is 6.92 Å². The van der Waals surface area contributed by atoms with Gasteiger partial charge >= 0.3 is 0 Å². The molecule has 108 valence electrons. The van der Waals surface area contributed by atoms with Crippen LogP contribution in [-0.2, 0) is 10.2 Å². The predicted octanol–water partition coefficient (Wildman–Crippen LogP) is 2.50. The summed E-state index contributed by atoms with van der Waals surface area (Å²) in [4.78, 5) is 8.96. The molecule has 0 saturated heterocycles. The first-order valence-corrected chi connectivity index (χ1v) is 6.73. The third-order valence-corrected chi connectivity index (χ3v) is 2.92. The summed E-state index contributed by atoms with van der Waals surface area (Å²) in [7, 11) is 1.72. The maximum atomic E-state index is 5.96. The summed E-state index contributed by atoms with van der Waals surface area (Å²) in [5.74, 6) is 2.17. The lowest BCUT2D eigenvalue weighted by atomic mass is 9.95. The molecule has 0 aliphatic carbocycles. The molecule has 0 aromatic carbocycles. The Morgan fingerprint density at radius 3 is 2.47 bits per heavy atom. The summed E-state index contributed by atoms with van der Waals surface area (Å²) < 4.78 is 5.03. The minimum absolute atomic E-state index is 0.103. The average molecular weight is 266 g/mol. The fourth-order valence-corrected chi connectivity index (χ4v) is 1.62. The molecular formula is C14H26N4O. The van der Waals surface area contributed by atoms with Crippen LogP contribution in [0.3, 0.4) is 0 Å². The Labute approximate surface area is 116 Å². The van der Waals surface area contributed by atoms with Crippen molar-refractivity contribution in [2.24, 2.45) is 0 Å². The second-order valence-electron chi connectivity index (χ2n) is 5.78. The molecule has 3 N–H and O–H groups in total. The van der Waals surface area contributed by atoms with Crippen LogP contribution in [0.1, 0.15) is 45.0 Å². The lowest BCUT2D eigenvalue weighted by Crippen LogP contribution is -2.19. The molecule has 5 heteroatoms. The van der Waals surface area contributed by atoms with Crippen LogP contribution in [0, 0.1) is 6.92 Å². The SMILES string of the molecule is COCCCCNc1nc(C(C)(C)C)nc(N)c1C. The molecule has 1 aromatic heterocycles. The predicted molar refractivity (Wildman–Crippen MR) is 79.5 cm³/mol. The minimum Gasteiger partial charge on any atom is -0.385 e. The lowest BCUT2D eigenvalue weighted by molar-refractivity contribution is 0.194. The summed E-state index contributed by atoms with van der Waals surface area (Å²) in [6.45, 7) is 9.85. The zero-order chi connectivity index (χ0) is 14.5. The Balaban J connectivity index is 2.74. The van der Waals surface area contributed by atoms with E-state index in [-0.39, 0.29) is 5.41 Å². The van der Waals surface area contributed by atoms with E-state index in [4.69, 9.17) is 10.5 Å². The maximum absolute atomic E-state index is 5.96. The number of rotatable bonds is 6. The van der Waals surface area contributed by atoms with Gasteiger partial charge in [-0.1, -0.05) is 20.8 Å². The first-order valence-electron chi connectivity index (χ1n) is 6.73. The third kappa shape index (κ3) is 4.67. The standard InChI is InChI=1S/C14H26N4O/c1-10-11(15)17-13(14(2,3)4)18-12(10)16-8-6-7-9-19-5/h6-9H2,1-5H3,(H3,15,16,17,18). The molecule has 0 fully saturated rings. The number of nitrogens with one attached hydrogen (secondary N) is 1. The van der Waals surface area contributed by atoms with Gasteiger partial charge in [-0.05, 0) is 19.8 Å². The van der Waals surface area contributed by atoms with E-state index in [9.17, 15) is 0 Å². The van der Waals surface area contributed by atoms with Crippen molar-refractivity contribution < 1.29 is 4.74 Å². The number of nitrogen functional groups attached to an aromatic ring is 1. The lowest BCUT2D eigenvalue weighted by Gasteiger charge is -2.19. The van der Waals surface area contributed by atoms with Crippen LogP contribution in [0.4, 0.5) is 11.6 Å². The molecule has 0 radical (unpaired) electrons. The highest BCUT2D eigenvalue weighted by atomic mass is 16.5. The van der Waals surface area contributed by atoms with Gasteiger partial charge < -0.3 is 15.8 Å². The summed E-state index contributed by atoms with van der Waals surface area (Å²) in [5.41, 5.74) is 6.77. The molecule has 0 bridgehead atoms. The molecular weight excluding hydrogens is 240 g/mol. The van der Waals surface area contributed by atoms with E-state index in [1.54, 1.807) is 7.11 Å². The smallest absolute Gasteiger partial charge is 0.138 e. The molecule has 0 aliphatic heterocycles. The number of unbranched alkanes of at least 4 members (excludes halogenated alkanes) is 1. The van der Waals surface area contributed by atoms with Crippen molar-refractivity contribution in [2.45, 2.75) is 46.0 Å². The molecule has 0 aliphatic rings.